The molecular weight excluding hydrogens is 267 g/mol. The molecule has 1 aromatic carbocycles. The Kier molecular flexibility index (Phi) is 2.78. The van der Waals surface area contributed by atoms with Crippen LogP contribution in [0, 0.1) is 11.3 Å². The van der Waals surface area contributed by atoms with Crippen molar-refractivity contribution >= 4 is 0 Å². The van der Waals surface area contributed by atoms with Crippen LogP contribution in [0.5, 0.6) is 0 Å². The average molecular weight is 277 g/mol. The summed E-state index contributed by atoms with van der Waals surface area (Å²) in [6, 6.07) is 9.45. The van der Waals surface area contributed by atoms with Crippen LogP contribution in [0.3, 0.4) is 0 Å². The molecule has 0 aliphatic heterocycles. The van der Waals surface area contributed by atoms with Crippen molar-refractivity contribution in [3.8, 4) is 11.8 Å². The molecule has 0 amide bonds. The summed E-state index contributed by atoms with van der Waals surface area (Å²) in [4.78, 5) is 0. The van der Waals surface area contributed by atoms with Gasteiger partial charge >= 0.3 is 6.18 Å². The lowest BCUT2D eigenvalue weighted by Crippen LogP contribution is -2.07. The van der Waals surface area contributed by atoms with Gasteiger partial charge in [-0.3, -0.25) is 0 Å². The van der Waals surface area contributed by atoms with Gasteiger partial charge in [-0.05, 0) is 43.2 Å². The minimum Gasteiger partial charge on any atom is -0.237 e. The third kappa shape index (κ3) is 2.27. The normalized spacial score (nSPS) is 15.1. The number of hydrogen-bond acceptors (Lipinski definition) is 2. The molecule has 3 nitrogen and oxygen atoms in total. The van der Waals surface area contributed by atoms with Crippen LogP contribution in [0.1, 0.15) is 35.7 Å². The first kappa shape index (κ1) is 12.7. The van der Waals surface area contributed by atoms with Crippen LogP contribution in [-0.4, -0.2) is 9.78 Å². The first-order valence-electron chi connectivity index (χ1n) is 6.17. The Hall–Kier alpha value is -2.29. The second-order valence-electron chi connectivity index (χ2n) is 4.80. The molecule has 1 aromatic heterocycles. The van der Waals surface area contributed by atoms with Gasteiger partial charge in [-0.15, -0.1) is 0 Å². The molecule has 102 valence electrons. The van der Waals surface area contributed by atoms with E-state index in [0.717, 1.165) is 18.9 Å². The maximum atomic E-state index is 12.8. The Morgan fingerprint density at radius 3 is 2.35 bits per heavy atom. The quantitative estimate of drug-likeness (QED) is 0.841. The highest BCUT2D eigenvalue weighted by Crippen LogP contribution is 2.42. The van der Waals surface area contributed by atoms with Crippen molar-refractivity contribution in [1.29, 1.82) is 5.26 Å². The van der Waals surface area contributed by atoms with Crippen LogP contribution in [0.2, 0.25) is 0 Å². The van der Waals surface area contributed by atoms with Gasteiger partial charge in [0.25, 0.3) is 0 Å². The molecule has 20 heavy (non-hydrogen) atoms. The second kappa shape index (κ2) is 4.37. The van der Waals surface area contributed by atoms with Gasteiger partial charge in [0.05, 0.1) is 17.3 Å². The van der Waals surface area contributed by atoms with Crippen LogP contribution >= 0.6 is 0 Å². The first-order chi connectivity index (χ1) is 9.49. The predicted octanol–water partition coefficient (Wildman–Crippen LogP) is 3.64. The summed E-state index contributed by atoms with van der Waals surface area (Å²) < 4.78 is 39.7. The van der Waals surface area contributed by atoms with Gasteiger partial charge < -0.3 is 0 Å². The molecule has 3 rings (SSSR count). The molecule has 0 unspecified atom stereocenters. The largest absolute Gasteiger partial charge is 0.435 e. The van der Waals surface area contributed by atoms with Crippen molar-refractivity contribution < 1.29 is 13.2 Å². The van der Waals surface area contributed by atoms with E-state index in [1.807, 2.05) is 6.07 Å². The fraction of sp³-hybridized carbons (Fsp3) is 0.286. The van der Waals surface area contributed by atoms with E-state index in [1.54, 1.807) is 24.3 Å². The predicted molar refractivity (Wildman–Crippen MR) is 65.3 cm³/mol. The smallest absolute Gasteiger partial charge is 0.237 e. The van der Waals surface area contributed by atoms with Crippen molar-refractivity contribution in [2.45, 2.75) is 24.9 Å². The molecule has 0 saturated heterocycles. The summed E-state index contributed by atoms with van der Waals surface area (Å²) in [5.74, 6) is 0.147. The number of aromatic nitrogens is 2. The van der Waals surface area contributed by atoms with Gasteiger partial charge in [0.2, 0.25) is 0 Å². The van der Waals surface area contributed by atoms with Crippen LogP contribution in [0.25, 0.3) is 5.69 Å². The summed E-state index contributed by atoms with van der Waals surface area (Å²) in [5.41, 5.74) is 0.720. The van der Waals surface area contributed by atoms with Gasteiger partial charge in [-0.25, -0.2) is 4.68 Å². The Balaban J connectivity index is 2.07. The van der Waals surface area contributed by atoms with Crippen LogP contribution in [-0.2, 0) is 6.18 Å². The summed E-state index contributed by atoms with van der Waals surface area (Å²) >= 11 is 0. The van der Waals surface area contributed by atoms with E-state index in [4.69, 9.17) is 5.26 Å². The first-order valence-corrected chi connectivity index (χ1v) is 6.17. The molecule has 1 fully saturated rings. The van der Waals surface area contributed by atoms with Gasteiger partial charge in [-0.1, -0.05) is 0 Å². The molecule has 1 heterocycles. The number of hydrogen-bond donors (Lipinski definition) is 0. The summed E-state index contributed by atoms with van der Waals surface area (Å²) in [7, 11) is 0. The number of benzene rings is 1. The monoisotopic (exact) mass is 277 g/mol. The SMILES string of the molecule is N#Cc1ccc(-n2nc(C(F)(F)F)cc2C2CC2)cc1. The lowest BCUT2D eigenvalue weighted by atomic mass is 10.2. The van der Waals surface area contributed by atoms with Crippen molar-refractivity contribution in [2.75, 3.05) is 0 Å². The highest BCUT2D eigenvalue weighted by atomic mass is 19.4. The van der Waals surface area contributed by atoms with E-state index >= 15 is 0 Å². The van der Waals surface area contributed by atoms with Crippen molar-refractivity contribution in [2.24, 2.45) is 0 Å². The molecule has 1 saturated carbocycles. The van der Waals surface area contributed by atoms with Crippen LogP contribution < -0.4 is 0 Å². The second-order valence-corrected chi connectivity index (χ2v) is 4.80. The Bertz CT molecular complexity index is 673. The number of halogens is 3. The van der Waals surface area contributed by atoms with Crippen LogP contribution in [0.4, 0.5) is 13.2 Å². The molecule has 2 aromatic rings. The molecule has 0 radical (unpaired) electrons. The summed E-state index contributed by atoms with van der Waals surface area (Å²) in [6.45, 7) is 0. The zero-order valence-electron chi connectivity index (χ0n) is 10.4. The number of nitrogens with zero attached hydrogens (tertiary/aromatic N) is 3. The van der Waals surface area contributed by atoms with Gasteiger partial charge in [-0.2, -0.15) is 23.5 Å². The fourth-order valence-electron chi connectivity index (χ4n) is 2.09. The van der Waals surface area contributed by atoms with E-state index in [0.29, 0.717) is 16.9 Å². The molecule has 1 aliphatic rings. The zero-order valence-corrected chi connectivity index (χ0v) is 10.4. The lowest BCUT2D eigenvalue weighted by molar-refractivity contribution is -0.141. The maximum Gasteiger partial charge on any atom is 0.435 e. The van der Waals surface area contributed by atoms with E-state index < -0.39 is 11.9 Å². The highest BCUT2D eigenvalue weighted by molar-refractivity contribution is 5.41. The Labute approximate surface area is 113 Å². The maximum absolute atomic E-state index is 12.8. The summed E-state index contributed by atoms with van der Waals surface area (Å²) in [6.07, 6.45) is -2.67. The molecule has 0 bridgehead atoms. The molecular formula is C14H10F3N3. The van der Waals surface area contributed by atoms with Gasteiger partial charge in [0.15, 0.2) is 5.69 Å². The van der Waals surface area contributed by atoms with Crippen molar-refractivity contribution in [1.82, 2.24) is 9.78 Å². The average Bonchev–Trinajstić information content (AvgIpc) is 3.16. The fourth-order valence-corrected chi connectivity index (χ4v) is 2.09. The molecule has 0 spiro atoms. The standard InChI is InChI=1S/C14H10F3N3/c15-14(16,17)13-7-12(10-3-4-10)20(19-13)11-5-1-9(8-18)2-6-11/h1-2,5-7,10H,3-4H2. The van der Waals surface area contributed by atoms with Crippen molar-refractivity contribution in [3.63, 3.8) is 0 Å². The topological polar surface area (TPSA) is 41.6 Å². The van der Waals surface area contributed by atoms with E-state index in [1.165, 1.54) is 4.68 Å². The lowest BCUT2D eigenvalue weighted by Gasteiger charge is -2.06. The number of rotatable bonds is 2. The van der Waals surface area contributed by atoms with E-state index in [-0.39, 0.29) is 5.92 Å². The third-order valence-electron chi connectivity index (χ3n) is 3.26. The minimum atomic E-state index is -4.44. The molecule has 6 heteroatoms. The third-order valence-corrected chi connectivity index (χ3v) is 3.26. The molecule has 0 atom stereocenters. The Morgan fingerprint density at radius 1 is 1.20 bits per heavy atom. The van der Waals surface area contributed by atoms with E-state index in [9.17, 15) is 13.2 Å². The summed E-state index contributed by atoms with van der Waals surface area (Å²) in [5, 5.41) is 12.4. The molecule has 0 N–H and O–H groups in total. The van der Waals surface area contributed by atoms with E-state index in [2.05, 4.69) is 5.10 Å². The Morgan fingerprint density at radius 2 is 1.85 bits per heavy atom. The van der Waals surface area contributed by atoms with Gasteiger partial charge in [0, 0.05) is 11.6 Å². The van der Waals surface area contributed by atoms with Crippen molar-refractivity contribution in [3.05, 3.63) is 47.3 Å². The van der Waals surface area contributed by atoms with Crippen LogP contribution in [0.15, 0.2) is 30.3 Å². The number of nitriles is 1. The zero-order chi connectivity index (χ0) is 14.3. The number of alkyl halides is 3. The van der Waals surface area contributed by atoms with Gasteiger partial charge in [0.1, 0.15) is 0 Å². The minimum absolute atomic E-state index is 0.147. The highest BCUT2D eigenvalue weighted by Gasteiger charge is 2.38. The molecule has 1 aliphatic carbocycles.